The Morgan fingerprint density at radius 3 is 2.20 bits per heavy atom. The summed E-state index contributed by atoms with van der Waals surface area (Å²) in [5, 5.41) is 14.8. The third-order valence-corrected chi connectivity index (χ3v) is 6.79. The first-order valence-electron chi connectivity index (χ1n) is 10.0. The minimum atomic E-state index is -1.41. The Labute approximate surface area is 179 Å². The van der Waals surface area contributed by atoms with E-state index in [2.05, 4.69) is 5.16 Å². The monoisotopic (exact) mass is 429 g/mol. The molecule has 1 saturated heterocycles. The zero-order valence-electron chi connectivity index (χ0n) is 17.3. The zero-order chi connectivity index (χ0) is 21.3. The van der Waals surface area contributed by atoms with Gasteiger partial charge in [0.15, 0.2) is 11.9 Å². The van der Waals surface area contributed by atoms with E-state index >= 15 is 0 Å². The molecule has 0 aromatic heterocycles. The Morgan fingerprint density at radius 1 is 1.07 bits per heavy atom. The summed E-state index contributed by atoms with van der Waals surface area (Å²) in [6, 6.07) is 19.7. The van der Waals surface area contributed by atoms with Gasteiger partial charge in [0.2, 0.25) is 0 Å². The lowest BCUT2D eigenvalue weighted by Gasteiger charge is -2.29. The largest absolute Gasteiger partial charge is 0.389 e. The molecule has 0 spiro atoms. The second kappa shape index (κ2) is 8.59. The summed E-state index contributed by atoms with van der Waals surface area (Å²) in [5.41, 5.74) is 2.53. The molecule has 0 amide bonds. The molecule has 2 aromatic carbocycles. The van der Waals surface area contributed by atoms with Crippen molar-refractivity contribution in [1.82, 2.24) is 0 Å². The van der Waals surface area contributed by atoms with Gasteiger partial charge in [-0.25, -0.2) is 0 Å². The normalized spacial score (nSPS) is 28.4. The van der Waals surface area contributed by atoms with Crippen molar-refractivity contribution in [3.8, 4) is 0 Å². The number of nitrogens with zero attached hydrogens (tertiary/aromatic N) is 1. The van der Waals surface area contributed by atoms with Gasteiger partial charge in [0.05, 0.1) is 18.2 Å². The highest BCUT2D eigenvalue weighted by Gasteiger charge is 2.48. The van der Waals surface area contributed by atoms with E-state index in [0.29, 0.717) is 5.71 Å². The van der Waals surface area contributed by atoms with Crippen LogP contribution in [0.5, 0.6) is 0 Å². The van der Waals surface area contributed by atoms with Crippen LogP contribution in [0.2, 0.25) is 0 Å². The molecule has 2 aliphatic heterocycles. The molecule has 0 saturated carbocycles. The fourth-order valence-electron chi connectivity index (χ4n) is 4.14. The molecule has 0 radical (unpaired) electrons. The molecule has 30 heavy (non-hydrogen) atoms. The standard InChI is InChI=1S/C23H27NO5S/c1-23(2)27-14-17(28-23)20(25)22(30(3)26)19-18(15-10-6-4-7-11-15)21(29-24-19)16-12-8-5-9-13-16/h4-13,17-18,20-22,25H,14H2,1-3H3/t17-,18-,20-,21+,22+,30?/m1/s1. The minimum Gasteiger partial charge on any atom is -0.389 e. The van der Waals surface area contributed by atoms with Crippen molar-refractivity contribution in [1.29, 1.82) is 0 Å². The Morgan fingerprint density at radius 2 is 1.67 bits per heavy atom. The van der Waals surface area contributed by atoms with Gasteiger partial charge in [-0.2, -0.15) is 0 Å². The Kier molecular flexibility index (Phi) is 6.06. The molecular weight excluding hydrogens is 402 g/mol. The summed E-state index contributed by atoms with van der Waals surface area (Å²) in [6.07, 6.45) is -0.418. The minimum absolute atomic E-state index is 0.230. The predicted octanol–water partition coefficient (Wildman–Crippen LogP) is 3.16. The fraction of sp³-hybridized carbons (Fsp3) is 0.435. The van der Waals surface area contributed by atoms with Crippen LogP contribution in [0.3, 0.4) is 0 Å². The van der Waals surface area contributed by atoms with Crippen LogP contribution in [0.1, 0.15) is 37.0 Å². The van der Waals surface area contributed by atoms with E-state index in [1.807, 2.05) is 60.7 Å². The maximum absolute atomic E-state index is 12.8. The van der Waals surface area contributed by atoms with Crippen LogP contribution in [0.25, 0.3) is 0 Å². The maximum atomic E-state index is 12.8. The van der Waals surface area contributed by atoms with Crippen LogP contribution < -0.4 is 0 Å². The SMILES string of the molecule is CS(=O)[C@@H](C1=NO[C@@H](c2ccccc2)[C@@H]1c1ccccc1)[C@H](O)[C@H]1COC(C)(C)O1. The smallest absolute Gasteiger partial charge is 0.164 e. The van der Waals surface area contributed by atoms with Crippen molar-refractivity contribution in [2.24, 2.45) is 5.16 Å². The fourth-order valence-corrected chi connectivity index (χ4v) is 5.24. The van der Waals surface area contributed by atoms with E-state index < -0.39 is 34.0 Å². The number of aliphatic hydroxyl groups excluding tert-OH is 1. The third kappa shape index (κ3) is 4.21. The zero-order valence-corrected chi connectivity index (χ0v) is 18.1. The number of rotatable bonds is 6. The molecule has 0 bridgehead atoms. The molecule has 160 valence electrons. The number of hydrogen-bond donors (Lipinski definition) is 1. The first-order valence-corrected chi connectivity index (χ1v) is 11.6. The molecule has 2 heterocycles. The van der Waals surface area contributed by atoms with Gasteiger partial charge in [-0.05, 0) is 25.0 Å². The molecule has 1 N–H and O–H groups in total. The van der Waals surface area contributed by atoms with Gasteiger partial charge in [-0.1, -0.05) is 65.8 Å². The molecule has 1 fully saturated rings. The lowest BCUT2D eigenvalue weighted by atomic mass is 9.83. The predicted molar refractivity (Wildman–Crippen MR) is 116 cm³/mol. The quantitative estimate of drug-likeness (QED) is 0.763. The number of benzene rings is 2. The maximum Gasteiger partial charge on any atom is 0.164 e. The summed E-state index contributed by atoms with van der Waals surface area (Å²) in [7, 11) is -1.41. The second-order valence-corrected chi connectivity index (χ2v) is 9.62. The summed E-state index contributed by atoms with van der Waals surface area (Å²) in [6.45, 7) is 3.83. The number of hydrogen-bond acceptors (Lipinski definition) is 6. The number of ether oxygens (including phenoxy) is 2. The van der Waals surface area contributed by atoms with Gasteiger partial charge in [0.25, 0.3) is 0 Å². The summed E-state index contributed by atoms with van der Waals surface area (Å²) in [4.78, 5) is 5.87. The first-order chi connectivity index (χ1) is 14.4. The average molecular weight is 430 g/mol. The Bertz CT molecular complexity index is 918. The van der Waals surface area contributed by atoms with Gasteiger partial charge < -0.3 is 19.4 Å². The van der Waals surface area contributed by atoms with Crippen LogP contribution in [-0.4, -0.2) is 51.1 Å². The van der Waals surface area contributed by atoms with E-state index in [0.717, 1.165) is 11.1 Å². The van der Waals surface area contributed by atoms with Gasteiger partial charge in [0, 0.05) is 17.1 Å². The van der Waals surface area contributed by atoms with E-state index in [1.54, 1.807) is 20.1 Å². The Hall–Kier alpha value is -2.06. The van der Waals surface area contributed by atoms with Crippen molar-refractivity contribution in [3.63, 3.8) is 0 Å². The van der Waals surface area contributed by atoms with Crippen molar-refractivity contribution >= 4 is 16.5 Å². The highest BCUT2D eigenvalue weighted by Crippen LogP contribution is 2.42. The summed E-state index contributed by atoms with van der Waals surface area (Å²) in [5.74, 6) is -1.06. The molecule has 6 atom stereocenters. The van der Waals surface area contributed by atoms with Crippen molar-refractivity contribution in [2.45, 2.75) is 49.1 Å². The summed E-state index contributed by atoms with van der Waals surface area (Å²) < 4.78 is 24.3. The molecule has 0 aliphatic carbocycles. The third-order valence-electron chi connectivity index (χ3n) is 5.55. The Balaban J connectivity index is 1.70. The lowest BCUT2D eigenvalue weighted by Crippen LogP contribution is -2.47. The molecule has 4 rings (SSSR count). The highest BCUT2D eigenvalue weighted by molar-refractivity contribution is 7.85. The van der Waals surface area contributed by atoms with E-state index in [-0.39, 0.29) is 18.6 Å². The molecule has 1 unspecified atom stereocenters. The van der Waals surface area contributed by atoms with Crippen LogP contribution in [0.15, 0.2) is 65.8 Å². The van der Waals surface area contributed by atoms with E-state index in [1.165, 1.54) is 0 Å². The molecule has 2 aliphatic rings. The van der Waals surface area contributed by atoms with E-state index in [4.69, 9.17) is 14.3 Å². The van der Waals surface area contributed by atoms with Gasteiger partial charge in [-0.15, -0.1) is 0 Å². The van der Waals surface area contributed by atoms with Crippen molar-refractivity contribution in [2.75, 3.05) is 12.9 Å². The second-order valence-electron chi connectivity index (χ2n) is 8.12. The van der Waals surface area contributed by atoms with Crippen LogP contribution in [0, 0.1) is 0 Å². The van der Waals surface area contributed by atoms with Crippen molar-refractivity contribution < 1.29 is 23.6 Å². The van der Waals surface area contributed by atoms with Crippen LogP contribution in [-0.2, 0) is 25.1 Å². The molecule has 2 aromatic rings. The number of aliphatic hydroxyl groups is 1. The molecule has 6 nitrogen and oxygen atoms in total. The topological polar surface area (TPSA) is 77.4 Å². The van der Waals surface area contributed by atoms with E-state index in [9.17, 15) is 9.32 Å². The molecule has 7 heteroatoms. The van der Waals surface area contributed by atoms with Gasteiger partial charge in [0.1, 0.15) is 17.5 Å². The van der Waals surface area contributed by atoms with Crippen molar-refractivity contribution in [3.05, 3.63) is 71.8 Å². The van der Waals surface area contributed by atoms with Crippen LogP contribution >= 0.6 is 0 Å². The summed E-state index contributed by atoms with van der Waals surface area (Å²) >= 11 is 0. The lowest BCUT2D eigenvalue weighted by molar-refractivity contribution is -0.150. The molecular formula is C23H27NO5S. The highest BCUT2D eigenvalue weighted by atomic mass is 32.2. The van der Waals surface area contributed by atoms with Gasteiger partial charge in [-0.3, -0.25) is 4.21 Å². The van der Waals surface area contributed by atoms with Crippen LogP contribution in [0.4, 0.5) is 0 Å². The number of oxime groups is 1. The van der Waals surface area contributed by atoms with Gasteiger partial charge >= 0.3 is 0 Å². The average Bonchev–Trinajstić information content (AvgIpc) is 3.32. The first kappa shape index (κ1) is 21.2.